The molecule has 2 amide bonds. The summed E-state index contributed by atoms with van der Waals surface area (Å²) in [5.74, 6) is -1.27. The first-order valence-corrected chi connectivity index (χ1v) is 6.90. The Morgan fingerprint density at radius 1 is 1.43 bits per heavy atom. The van der Waals surface area contributed by atoms with E-state index in [1.165, 1.54) is 18.2 Å². The first-order valence-electron chi connectivity index (χ1n) is 6.90. The topological polar surface area (TPSA) is 78.4 Å². The second kappa shape index (κ2) is 5.71. The van der Waals surface area contributed by atoms with Gasteiger partial charge in [0.2, 0.25) is 0 Å². The molecule has 1 aliphatic carbocycles. The van der Waals surface area contributed by atoms with Gasteiger partial charge in [0.1, 0.15) is 5.82 Å². The number of urea groups is 1. The number of hydrogen-bond donors (Lipinski definition) is 3. The number of rotatable bonds is 3. The van der Waals surface area contributed by atoms with Crippen molar-refractivity contribution in [1.29, 1.82) is 0 Å². The fourth-order valence-electron chi connectivity index (χ4n) is 2.74. The maximum atomic E-state index is 13.0. The highest BCUT2D eigenvalue weighted by atomic mass is 19.1. The summed E-state index contributed by atoms with van der Waals surface area (Å²) in [4.78, 5) is 23.4. The van der Waals surface area contributed by atoms with Gasteiger partial charge in [-0.15, -0.1) is 0 Å². The van der Waals surface area contributed by atoms with Crippen molar-refractivity contribution >= 4 is 17.7 Å². The standard InChI is InChI=1S/C15H19FN2O3/c1-9-8-10(16)5-6-11(9)17-14(21)18-12-4-3-7-15(12,2)13(19)20/h5-6,8,12H,3-4,7H2,1-2H3,(H,19,20)(H2,17,18,21). The average Bonchev–Trinajstić information content (AvgIpc) is 2.76. The van der Waals surface area contributed by atoms with Crippen molar-refractivity contribution in [1.82, 2.24) is 5.32 Å². The predicted octanol–water partition coefficient (Wildman–Crippen LogP) is 2.90. The smallest absolute Gasteiger partial charge is 0.319 e. The predicted molar refractivity (Wildman–Crippen MR) is 76.7 cm³/mol. The van der Waals surface area contributed by atoms with Crippen molar-refractivity contribution < 1.29 is 19.1 Å². The summed E-state index contributed by atoms with van der Waals surface area (Å²) in [5, 5.41) is 14.7. The number of nitrogens with one attached hydrogen (secondary N) is 2. The van der Waals surface area contributed by atoms with E-state index in [1.54, 1.807) is 13.8 Å². The summed E-state index contributed by atoms with van der Waals surface area (Å²) in [6, 6.07) is 3.20. The third kappa shape index (κ3) is 3.15. The lowest BCUT2D eigenvalue weighted by molar-refractivity contribution is -0.148. The molecule has 114 valence electrons. The van der Waals surface area contributed by atoms with Crippen LogP contribution in [0.1, 0.15) is 31.7 Å². The number of aryl methyl sites for hydroxylation is 1. The third-order valence-electron chi connectivity index (χ3n) is 4.19. The summed E-state index contributed by atoms with van der Waals surface area (Å²) in [6.45, 7) is 3.34. The molecule has 0 radical (unpaired) electrons. The minimum absolute atomic E-state index is 0.368. The molecule has 0 bridgehead atoms. The van der Waals surface area contributed by atoms with Crippen molar-refractivity contribution in [3.8, 4) is 0 Å². The molecule has 21 heavy (non-hydrogen) atoms. The molecule has 0 spiro atoms. The van der Waals surface area contributed by atoms with Gasteiger partial charge in [-0.05, 0) is 50.5 Å². The molecule has 1 aliphatic rings. The Balaban J connectivity index is 2.03. The van der Waals surface area contributed by atoms with Crippen LogP contribution in [0.25, 0.3) is 0 Å². The number of amides is 2. The molecule has 2 unspecified atom stereocenters. The Labute approximate surface area is 122 Å². The van der Waals surface area contributed by atoms with E-state index >= 15 is 0 Å². The molecule has 6 heteroatoms. The van der Waals surface area contributed by atoms with Crippen LogP contribution in [0.2, 0.25) is 0 Å². The van der Waals surface area contributed by atoms with E-state index in [9.17, 15) is 19.1 Å². The molecule has 1 aromatic carbocycles. The van der Waals surface area contributed by atoms with Gasteiger partial charge in [-0.2, -0.15) is 0 Å². The number of carboxylic acids is 1. The Morgan fingerprint density at radius 3 is 2.76 bits per heavy atom. The van der Waals surface area contributed by atoms with Gasteiger partial charge >= 0.3 is 12.0 Å². The summed E-state index contributed by atoms with van der Waals surface area (Å²) in [7, 11) is 0. The fourth-order valence-corrected chi connectivity index (χ4v) is 2.74. The Kier molecular flexibility index (Phi) is 4.16. The van der Waals surface area contributed by atoms with Crippen LogP contribution in [-0.4, -0.2) is 23.1 Å². The second-order valence-corrected chi connectivity index (χ2v) is 5.73. The number of aliphatic carboxylic acids is 1. The molecule has 5 nitrogen and oxygen atoms in total. The van der Waals surface area contributed by atoms with Crippen molar-refractivity contribution in [3.63, 3.8) is 0 Å². The number of benzene rings is 1. The minimum atomic E-state index is -0.935. The number of hydrogen-bond acceptors (Lipinski definition) is 2. The van der Waals surface area contributed by atoms with Gasteiger partial charge in [-0.25, -0.2) is 9.18 Å². The average molecular weight is 294 g/mol. The zero-order valence-electron chi connectivity index (χ0n) is 12.1. The first kappa shape index (κ1) is 15.3. The number of carbonyl (C=O) groups is 2. The zero-order chi connectivity index (χ0) is 15.6. The molecule has 3 N–H and O–H groups in total. The number of anilines is 1. The zero-order valence-corrected chi connectivity index (χ0v) is 12.1. The summed E-state index contributed by atoms with van der Waals surface area (Å²) in [6.07, 6.45) is 1.95. The molecule has 2 rings (SSSR count). The summed E-state index contributed by atoms with van der Waals surface area (Å²) in [5.41, 5.74) is 0.177. The number of halogens is 1. The quantitative estimate of drug-likeness (QED) is 0.802. The lowest BCUT2D eigenvalue weighted by Crippen LogP contribution is -2.48. The molecule has 0 aromatic heterocycles. The summed E-state index contributed by atoms with van der Waals surface area (Å²) >= 11 is 0. The monoisotopic (exact) mass is 294 g/mol. The van der Waals surface area contributed by atoms with E-state index in [2.05, 4.69) is 10.6 Å². The van der Waals surface area contributed by atoms with Crippen molar-refractivity contribution in [2.45, 2.75) is 39.2 Å². The van der Waals surface area contributed by atoms with Gasteiger partial charge < -0.3 is 15.7 Å². The molecule has 0 saturated heterocycles. The SMILES string of the molecule is Cc1cc(F)ccc1NC(=O)NC1CCCC1(C)C(=O)O. The van der Waals surface area contributed by atoms with Gasteiger partial charge in [-0.1, -0.05) is 6.42 Å². The minimum Gasteiger partial charge on any atom is -0.481 e. The molecule has 2 atom stereocenters. The van der Waals surface area contributed by atoms with Crippen LogP contribution in [0.3, 0.4) is 0 Å². The van der Waals surface area contributed by atoms with E-state index in [0.29, 0.717) is 24.1 Å². The lowest BCUT2D eigenvalue weighted by atomic mass is 9.85. The maximum Gasteiger partial charge on any atom is 0.319 e. The van der Waals surface area contributed by atoms with E-state index < -0.39 is 23.5 Å². The highest BCUT2D eigenvalue weighted by molar-refractivity contribution is 5.91. The van der Waals surface area contributed by atoms with Gasteiger partial charge in [0, 0.05) is 11.7 Å². The first-order chi connectivity index (χ1) is 9.83. The molecule has 0 heterocycles. The Morgan fingerprint density at radius 2 is 2.14 bits per heavy atom. The highest BCUT2D eigenvalue weighted by Crippen LogP contribution is 2.38. The molecule has 1 fully saturated rings. The van der Waals surface area contributed by atoms with Gasteiger partial charge in [0.25, 0.3) is 0 Å². The van der Waals surface area contributed by atoms with Crippen LogP contribution in [-0.2, 0) is 4.79 Å². The van der Waals surface area contributed by atoms with Crippen LogP contribution in [0.5, 0.6) is 0 Å². The summed E-state index contributed by atoms with van der Waals surface area (Å²) < 4.78 is 13.0. The third-order valence-corrected chi connectivity index (χ3v) is 4.19. The van der Waals surface area contributed by atoms with E-state index in [-0.39, 0.29) is 5.82 Å². The number of carboxylic acid groups (broad SMARTS) is 1. The Bertz CT molecular complexity index is 576. The fraction of sp³-hybridized carbons (Fsp3) is 0.467. The van der Waals surface area contributed by atoms with E-state index in [0.717, 1.165) is 6.42 Å². The van der Waals surface area contributed by atoms with Crippen molar-refractivity contribution in [3.05, 3.63) is 29.6 Å². The molecule has 1 saturated carbocycles. The maximum absolute atomic E-state index is 13.0. The molecular weight excluding hydrogens is 275 g/mol. The van der Waals surface area contributed by atoms with E-state index in [1.807, 2.05) is 0 Å². The van der Waals surface area contributed by atoms with Crippen LogP contribution in [0, 0.1) is 18.2 Å². The van der Waals surface area contributed by atoms with Gasteiger partial charge in [0.15, 0.2) is 0 Å². The second-order valence-electron chi connectivity index (χ2n) is 5.73. The highest BCUT2D eigenvalue weighted by Gasteiger charge is 2.45. The van der Waals surface area contributed by atoms with Crippen LogP contribution < -0.4 is 10.6 Å². The molecule has 1 aromatic rings. The molecule has 0 aliphatic heterocycles. The normalized spacial score (nSPS) is 24.6. The lowest BCUT2D eigenvalue weighted by Gasteiger charge is -2.27. The molecular formula is C15H19FN2O3. The van der Waals surface area contributed by atoms with Crippen LogP contribution >= 0.6 is 0 Å². The largest absolute Gasteiger partial charge is 0.481 e. The Hall–Kier alpha value is -2.11. The van der Waals surface area contributed by atoms with E-state index in [4.69, 9.17) is 0 Å². The van der Waals surface area contributed by atoms with Crippen LogP contribution in [0.15, 0.2) is 18.2 Å². The van der Waals surface area contributed by atoms with Gasteiger partial charge in [0.05, 0.1) is 5.41 Å². The van der Waals surface area contributed by atoms with Crippen LogP contribution in [0.4, 0.5) is 14.9 Å². The van der Waals surface area contributed by atoms with Gasteiger partial charge in [-0.3, -0.25) is 4.79 Å². The van der Waals surface area contributed by atoms with Crippen molar-refractivity contribution in [2.75, 3.05) is 5.32 Å². The number of carbonyl (C=O) groups excluding carboxylic acids is 1. The van der Waals surface area contributed by atoms with Crippen molar-refractivity contribution in [2.24, 2.45) is 5.41 Å².